The summed E-state index contributed by atoms with van der Waals surface area (Å²) in [6, 6.07) is 11.3. The third kappa shape index (κ3) is 8.94. The molecule has 156 valence electrons. The number of guanidine groups is 1. The van der Waals surface area contributed by atoms with Gasteiger partial charge in [0.2, 0.25) is 0 Å². The quantitative estimate of drug-likeness (QED) is 0.189. The number of nitrogens with one attached hydrogen (secondary N) is 2. The molecule has 2 rings (SSSR count). The predicted octanol–water partition coefficient (Wildman–Crippen LogP) is 3.10. The number of hydrogen-bond donors (Lipinski definition) is 3. The molecule has 2 aromatic rings. The Morgan fingerprint density at radius 3 is 2.64 bits per heavy atom. The van der Waals surface area contributed by atoms with Gasteiger partial charge < -0.3 is 29.6 Å². The Labute approximate surface area is 183 Å². The van der Waals surface area contributed by atoms with Crippen molar-refractivity contribution in [2.24, 2.45) is 4.99 Å². The molecule has 7 nitrogen and oxygen atoms in total. The van der Waals surface area contributed by atoms with Gasteiger partial charge in [-0.05, 0) is 43.2 Å². The summed E-state index contributed by atoms with van der Waals surface area (Å²) in [5.74, 6) is 1.97. The van der Waals surface area contributed by atoms with E-state index < -0.39 is 6.10 Å². The first-order chi connectivity index (χ1) is 13.2. The summed E-state index contributed by atoms with van der Waals surface area (Å²) in [6.45, 7) is 4.93. The SMILES string of the molecule is CCOCCCNC(=NCc1ccc(OC)cc1)NCC(O)c1ccco1.I. The van der Waals surface area contributed by atoms with Gasteiger partial charge in [-0.2, -0.15) is 0 Å². The minimum Gasteiger partial charge on any atom is -0.497 e. The van der Waals surface area contributed by atoms with Gasteiger partial charge in [0.1, 0.15) is 17.6 Å². The van der Waals surface area contributed by atoms with Crippen molar-refractivity contribution in [3.63, 3.8) is 0 Å². The summed E-state index contributed by atoms with van der Waals surface area (Å²) in [6.07, 6.45) is 1.68. The molecular weight excluding hydrogens is 473 g/mol. The van der Waals surface area contributed by atoms with Gasteiger partial charge in [0, 0.05) is 19.8 Å². The zero-order chi connectivity index (χ0) is 19.3. The van der Waals surface area contributed by atoms with Gasteiger partial charge in [-0.15, -0.1) is 24.0 Å². The highest BCUT2D eigenvalue weighted by atomic mass is 127. The molecule has 1 atom stereocenters. The number of methoxy groups -OCH3 is 1. The standard InChI is InChI=1S/C20H29N3O4.HI/c1-3-26-12-5-11-21-20(23-15-18(24)19-6-4-13-27-19)22-14-16-7-9-17(25-2)10-8-16;/h4,6-10,13,18,24H,3,5,11-12,14-15H2,1-2H3,(H2,21,22,23);1H. The van der Waals surface area contributed by atoms with E-state index in [0.717, 1.165) is 24.3 Å². The van der Waals surface area contributed by atoms with Crippen LogP contribution in [0.3, 0.4) is 0 Å². The fourth-order valence-electron chi connectivity index (χ4n) is 2.38. The van der Waals surface area contributed by atoms with E-state index in [1.807, 2.05) is 31.2 Å². The van der Waals surface area contributed by atoms with Crippen LogP contribution in [-0.2, 0) is 11.3 Å². The first kappa shape index (κ1) is 24.3. The number of nitrogens with zero attached hydrogens (tertiary/aromatic N) is 1. The maximum absolute atomic E-state index is 10.2. The van der Waals surface area contributed by atoms with E-state index in [9.17, 15) is 5.11 Å². The maximum Gasteiger partial charge on any atom is 0.191 e. The molecule has 0 spiro atoms. The number of aliphatic imine (C=N–C) groups is 1. The van der Waals surface area contributed by atoms with Crippen molar-refractivity contribution in [2.75, 3.05) is 33.4 Å². The molecule has 8 heteroatoms. The molecule has 0 radical (unpaired) electrons. The van der Waals surface area contributed by atoms with Crippen LogP contribution in [0.4, 0.5) is 0 Å². The fourth-order valence-corrected chi connectivity index (χ4v) is 2.38. The average Bonchev–Trinajstić information content (AvgIpc) is 3.24. The second-order valence-corrected chi connectivity index (χ2v) is 5.90. The molecule has 0 aliphatic heterocycles. The summed E-state index contributed by atoms with van der Waals surface area (Å²) in [7, 11) is 1.64. The van der Waals surface area contributed by atoms with Gasteiger partial charge in [-0.3, -0.25) is 0 Å². The van der Waals surface area contributed by atoms with Gasteiger partial charge in [0.05, 0.1) is 26.5 Å². The van der Waals surface area contributed by atoms with Gasteiger partial charge in [-0.1, -0.05) is 12.1 Å². The van der Waals surface area contributed by atoms with Crippen molar-refractivity contribution >= 4 is 29.9 Å². The average molecular weight is 503 g/mol. The summed E-state index contributed by atoms with van der Waals surface area (Å²) in [4.78, 5) is 4.59. The van der Waals surface area contributed by atoms with Crippen LogP contribution in [0.5, 0.6) is 5.75 Å². The van der Waals surface area contributed by atoms with E-state index in [1.54, 1.807) is 25.5 Å². The van der Waals surface area contributed by atoms with Crippen LogP contribution in [-0.4, -0.2) is 44.5 Å². The van der Waals surface area contributed by atoms with Crippen LogP contribution < -0.4 is 15.4 Å². The van der Waals surface area contributed by atoms with E-state index in [-0.39, 0.29) is 24.0 Å². The van der Waals surface area contributed by atoms with Crippen molar-refractivity contribution in [1.82, 2.24) is 10.6 Å². The summed E-state index contributed by atoms with van der Waals surface area (Å²) in [5.41, 5.74) is 1.07. The molecule has 28 heavy (non-hydrogen) atoms. The highest BCUT2D eigenvalue weighted by Crippen LogP contribution is 2.13. The Morgan fingerprint density at radius 2 is 2.00 bits per heavy atom. The Morgan fingerprint density at radius 1 is 1.21 bits per heavy atom. The van der Waals surface area contributed by atoms with E-state index in [4.69, 9.17) is 13.9 Å². The summed E-state index contributed by atoms with van der Waals surface area (Å²) < 4.78 is 15.7. The number of halogens is 1. The van der Waals surface area contributed by atoms with Crippen molar-refractivity contribution in [3.05, 3.63) is 54.0 Å². The minimum atomic E-state index is -0.739. The highest BCUT2D eigenvalue weighted by Gasteiger charge is 2.11. The Balaban J connectivity index is 0.00000392. The number of benzene rings is 1. The van der Waals surface area contributed by atoms with Crippen molar-refractivity contribution in [3.8, 4) is 5.75 Å². The van der Waals surface area contributed by atoms with Crippen molar-refractivity contribution < 1.29 is 19.0 Å². The molecule has 0 bridgehead atoms. The Kier molecular flexibility index (Phi) is 12.3. The Hall–Kier alpha value is -1.78. The van der Waals surface area contributed by atoms with Gasteiger partial charge in [0.25, 0.3) is 0 Å². The van der Waals surface area contributed by atoms with Crippen LogP contribution in [0.2, 0.25) is 0 Å². The molecule has 0 aliphatic rings. The minimum absolute atomic E-state index is 0. The molecule has 0 saturated heterocycles. The first-order valence-electron chi connectivity index (χ1n) is 9.17. The smallest absolute Gasteiger partial charge is 0.191 e. The van der Waals surface area contributed by atoms with E-state index in [0.29, 0.717) is 38.0 Å². The van der Waals surface area contributed by atoms with Crippen molar-refractivity contribution in [2.45, 2.75) is 26.0 Å². The lowest BCUT2D eigenvalue weighted by atomic mass is 10.2. The van der Waals surface area contributed by atoms with Crippen LogP contribution in [0.15, 0.2) is 52.1 Å². The topological polar surface area (TPSA) is 88.2 Å². The van der Waals surface area contributed by atoms with Crippen LogP contribution >= 0.6 is 24.0 Å². The lowest BCUT2D eigenvalue weighted by Gasteiger charge is -2.15. The number of furan rings is 1. The lowest BCUT2D eigenvalue weighted by Crippen LogP contribution is -2.40. The first-order valence-corrected chi connectivity index (χ1v) is 9.17. The highest BCUT2D eigenvalue weighted by molar-refractivity contribution is 14.0. The molecule has 0 fully saturated rings. The number of rotatable bonds is 11. The zero-order valence-corrected chi connectivity index (χ0v) is 18.7. The molecule has 1 unspecified atom stereocenters. The molecule has 0 saturated carbocycles. The van der Waals surface area contributed by atoms with E-state index >= 15 is 0 Å². The maximum atomic E-state index is 10.2. The summed E-state index contributed by atoms with van der Waals surface area (Å²) in [5, 5.41) is 16.6. The van der Waals surface area contributed by atoms with Gasteiger partial charge in [-0.25, -0.2) is 4.99 Å². The normalized spacial score (nSPS) is 12.2. The van der Waals surface area contributed by atoms with E-state index in [1.165, 1.54) is 0 Å². The molecule has 3 N–H and O–H groups in total. The van der Waals surface area contributed by atoms with Gasteiger partial charge >= 0.3 is 0 Å². The van der Waals surface area contributed by atoms with Crippen LogP contribution in [0, 0.1) is 0 Å². The monoisotopic (exact) mass is 503 g/mol. The Bertz CT molecular complexity index is 663. The second-order valence-electron chi connectivity index (χ2n) is 5.90. The van der Waals surface area contributed by atoms with Crippen LogP contribution in [0.1, 0.15) is 30.8 Å². The third-order valence-electron chi connectivity index (χ3n) is 3.88. The third-order valence-corrected chi connectivity index (χ3v) is 3.88. The zero-order valence-electron chi connectivity index (χ0n) is 16.4. The molecular formula is C20H30IN3O4. The van der Waals surface area contributed by atoms with Crippen molar-refractivity contribution in [1.29, 1.82) is 0 Å². The number of aliphatic hydroxyl groups excluding tert-OH is 1. The number of aliphatic hydroxyl groups is 1. The fraction of sp³-hybridized carbons (Fsp3) is 0.450. The largest absolute Gasteiger partial charge is 0.497 e. The lowest BCUT2D eigenvalue weighted by molar-refractivity contribution is 0.145. The molecule has 1 heterocycles. The number of ether oxygens (including phenoxy) is 2. The predicted molar refractivity (Wildman–Crippen MR) is 120 cm³/mol. The van der Waals surface area contributed by atoms with Gasteiger partial charge in [0.15, 0.2) is 5.96 Å². The van der Waals surface area contributed by atoms with Crippen LogP contribution in [0.25, 0.3) is 0 Å². The van der Waals surface area contributed by atoms with E-state index in [2.05, 4.69) is 15.6 Å². The molecule has 1 aromatic heterocycles. The summed E-state index contributed by atoms with van der Waals surface area (Å²) >= 11 is 0. The molecule has 1 aromatic carbocycles. The molecule has 0 aliphatic carbocycles. The second kappa shape index (κ2) is 14.3. The number of hydrogen-bond acceptors (Lipinski definition) is 5. The molecule has 0 amide bonds.